The molecule has 0 heterocycles. The second-order valence-corrected chi connectivity index (χ2v) is 7.14. The molecule has 2 aromatic rings. The maximum Gasteiger partial charge on any atom is 0.329 e. The van der Waals surface area contributed by atoms with Gasteiger partial charge in [-0.05, 0) is 42.8 Å². The minimum Gasteiger partial charge on any atom is -0.483 e. The molecule has 0 aliphatic carbocycles. The van der Waals surface area contributed by atoms with Gasteiger partial charge in [0.05, 0.1) is 12.8 Å². The van der Waals surface area contributed by atoms with Gasteiger partial charge >= 0.3 is 11.8 Å². The van der Waals surface area contributed by atoms with Crippen LogP contribution in [0.2, 0.25) is 0 Å². The molecule has 0 bridgehead atoms. The van der Waals surface area contributed by atoms with E-state index in [2.05, 4.69) is 37.1 Å². The van der Waals surface area contributed by atoms with Crippen LogP contribution in [0.4, 0.5) is 5.69 Å². The highest BCUT2D eigenvalue weighted by Crippen LogP contribution is 2.20. The average molecular weight is 491 g/mol. The maximum atomic E-state index is 12.2. The third-order valence-electron chi connectivity index (χ3n) is 3.89. The zero-order valence-corrected chi connectivity index (χ0v) is 18.7. The van der Waals surface area contributed by atoms with E-state index in [1.165, 1.54) is 13.3 Å². The lowest BCUT2D eigenvalue weighted by atomic mass is 10.2. The van der Waals surface area contributed by atoms with Crippen LogP contribution < -0.4 is 20.8 Å². The number of nitrogens with zero attached hydrogens (tertiary/aromatic N) is 1. The number of nitrogens with one attached hydrogen (secondary N) is 3. The number of halogens is 1. The predicted octanol–water partition coefficient (Wildman–Crippen LogP) is 1.99. The number of para-hydroxylation sites is 1. The summed E-state index contributed by atoms with van der Waals surface area (Å²) in [5.41, 5.74) is 4.31. The first-order valence-corrected chi connectivity index (χ1v) is 10.1. The van der Waals surface area contributed by atoms with Crippen molar-refractivity contribution in [3.05, 3.63) is 58.1 Å². The van der Waals surface area contributed by atoms with Gasteiger partial charge in [0, 0.05) is 29.4 Å². The first-order valence-electron chi connectivity index (χ1n) is 9.28. The summed E-state index contributed by atoms with van der Waals surface area (Å²) in [5.74, 6) is -1.66. The molecular weight excluding hydrogens is 468 g/mol. The highest BCUT2D eigenvalue weighted by molar-refractivity contribution is 9.10. The van der Waals surface area contributed by atoms with Crippen LogP contribution in [-0.2, 0) is 19.1 Å². The quantitative estimate of drug-likeness (QED) is 0.215. The number of benzene rings is 2. The van der Waals surface area contributed by atoms with Crippen LogP contribution in [0.1, 0.15) is 11.1 Å². The zero-order chi connectivity index (χ0) is 22.6. The van der Waals surface area contributed by atoms with Crippen LogP contribution >= 0.6 is 15.9 Å². The zero-order valence-electron chi connectivity index (χ0n) is 17.1. The molecule has 0 radical (unpaired) electrons. The summed E-state index contributed by atoms with van der Waals surface area (Å²) in [6, 6.07) is 12.3. The third-order valence-corrected chi connectivity index (χ3v) is 4.78. The van der Waals surface area contributed by atoms with Crippen LogP contribution in [0.3, 0.4) is 0 Å². The predicted molar refractivity (Wildman–Crippen MR) is 120 cm³/mol. The molecule has 2 rings (SSSR count). The van der Waals surface area contributed by atoms with E-state index in [1.807, 2.05) is 19.1 Å². The van der Waals surface area contributed by atoms with Gasteiger partial charge < -0.3 is 20.1 Å². The molecule has 3 N–H and O–H groups in total. The van der Waals surface area contributed by atoms with E-state index in [0.29, 0.717) is 23.6 Å². The number of amides is 3. The molecule has 0 aromatic heterocycles. The molecule has 9 nitrogen and oxygen atoms in total. The second kappa shape index (κ2) is 12.5. The van der Waals surface area contributed by atoms with E-state index in [1.54, 1.807) is 30.3 Å². The Balaban J connectivity index is 1.88. The van der Waals surface area contributed by atoms with E-state index in [0.717, 1.165) is 10.0 Å². The van der Waals surface area contributed by atoms with E-state index in [-0.39, 0.29) is 19.1 Å². The van der Waals surface area contributed by atoms with Crippen molar-refractivity contribution in [2.45, 2.75) is 6.92 Å². The van der Waals surface area contributed by atoms with E-state index >= 15 is 0 Å². The number of anilines is 1. The van der Waals surface area contributed by atoms with Crippen LogP contribution in [0.5, 0.6) is 5.75 Å². The highest BCUT2D eigenvalue weighted by Gasteiger charge is 2.11. The molecule has 2 aromatic carbocycles. The lowest BCUT2D eigenvalue weighted by Gasteiger charge is -2.10. The average Bonchev–Trinajstić information content (AvgIpc) is 2.75. The van der Waals surface area contributed by atoms with Gasteiger partial charge in [0.15, 0.2) is 6.61 Å². The smallest absolute Gasteiger partial charge is 0.329 e. The van der Waals surface area contributed by atoms with Crippen LogP contribution in [-0.4, -0.2) is 50.8 Å². The molecule has 0 atom stereocenters. The fraction of sp³-hybridized carbons (Fsp3) is 0.238. The molecule has 0 fully saturated rings. The normalized spacial score (nSPS) is 10.5. The van der Waals surface area contributed by atoms with Crippen molar-refractivity contribution in [1.82, 2.24) is 10.7 Å². The SMILES string of the molecule is COCCNC(=O)C(=O)N/N=C\c1ccccc1OCC(=O)Nc1ccc(Br)c(C)c1. The largest absolute Gasteiger partial charge is 0.483 e. The topological polar surface area (TPSA) is 118 Å². The summed E-state index contributed by atoms with van der Waals surface area (Å²) < 4.78 is 11.3. The Morgan fingerprint density at radius 1 is 1.13 bits per heavy atom. The first-order chi connectivity index (χ1) is 14.9. The molecule has 0 saturated heterocycles. The third kappa shape index (κ3) is 8.19. The van der Waals surface area contributed by atoms with E-state index in [4.69, 9.17) is 9.47 Å². The molecular formula is C21H23BrN4O5. The number of aryl methyl sites for hydroxylation is 1. The molecule has 10 heteroatoms. The summed E-state index contributed by atoms with van der Waals surface area (Å²) >= 11 is 3.41. The van der Waals surface area contributed by atoms with Gasteiger partial charge in [-0.3, -0.25) is 14.4 Å². The number of hydrogen-bond acceptors (Lipinski definition) is 6. The lowest BCUT2D eigenvalue weighted by molar-refractivity contribution is -0.139. The Kier molecular flexibility index (Phi) is 9.66. The monoisotopic (exact) mass is 490 g/mol. The van der Waals surface area contributed by atoms with E-state index < -0.39 is 11.8 Å². The van der Waals surface area contributed by atoms with Crippen molar-refractivity contribution in [3.8, 4) is 5.75 Å². The number of rotatable bonds is 9. The maximum absolute atomic E-state index is 12.2. The molecule has 0 aliphatic rings. The molecule has 31 heavy (non-hydrogen) atoms. The van der Waals surface area contributed by atoms with Gasteiger partial charge in [0.25, 0.3) is 5.91 Å². The fourth-order valence-corrected chi connectivity index (χ4v) is 2.59. The highest BCUT2D eigenvalue weighted by atomic mass is 79.9. The first kappa shape index (κ1) is 24.0. The molecule has 0 aliphatic heterocycles. The van der Waals surface area contributed by atoms with Crippen molar-refractivity contribution < 1.29 is 23.9 Å². The van der Waals surface area contributed by atoms with Gasteiger partial charge in [-0.15, -0.1) is 0 Å². The minimum atomic E-state index is -0.907. The number of carbonyl (C=O) groups excluding carboxylic acids is 3. The Bertz CT molecular complexity index is 965. The van der Waals surface area contributed by atoms with Gasteiger partial charge in [0.2, 0.25) is 0 Å². The number of methoxy groups -OCH3 is 1. The van der Waals surface area contributed by atoms with Crippen molar-refractivity contribution in [3.63, 3.8) is 0 Å². The molecule has 164 valence electrons. The number of ether oxygens (including phenoxy) is 2. The second-order valence-electron chi connectivity index (χ2n) is 6.29. The summed E-state index contributed by atoms with van der Waals surface area (Å²) in [6.45, 7) is 2.22. The molecule has 0 spiro atoms. The van der Waals surface area contributed by atoms with Gasteiger partial charge in [-0.1, -0.05) is 28.1 Å². The Hall–Kier alpha value is -3.24. The van der Waals surface area contributed by atoms with Crippen LogP contribution in [0.25, 0.3) is 0 Å². The van der Waals surface area contributed by atoms with Crippen molar-refractivity contribution >= 4 is 45.6 Å². The van der Waals surface area contributed by atoms with Gasteiger partial charge in [0.1, 0.15) is 5.75 Å². The summed E-state index contributed by atoms with van der Waals surface area (Å²) in [4.78, 5) is 35.4. The Labute approximate surface area is 188 Å². The van der Waals surface area contributed by atoms with Crippen molar-refractivity contribution in [1.29, 1.82) is 0 Å². The lowest BCUT2D eigenvalue weighted by Crippen LogP contribution is -2.39. The van der Waals surface area contributed by atoms with E-state index in [9.17, 15) is 14.4 Å². The van der Waals surface area contributed by atoms with Crippen LogP contribution in [0, 0.1) is 6.92 Å². The number of carbonyl (C=O) groups is 3. The van der Waals surface area contributed by atoms with Crippen LogP contribution in [0.15, 0.2) is 52.0 Å². The summed E-state index contributed by atoms with van der Waals surface area (Å²) in [7, 11) is 1.49. The molecule has 3 amide bonds. The summed E-state index contributed by atoms with van der Waals surface area (Å²) in [6.07, 6.45) is 1.33. The van der Waals surface area contributed by atoms with Crippen molar-refractivity contribution in [2.75, 3.05) is 32.2 Å². The minimum absolute atomic E-state index is 0.213. The Morgan fingerprint density at radius 2 is 1.90 bits per heavy atom. The standard InChI is InChI=1S/C21H23BrN4O5/c1-14-11-16(7-8-17(14)22)25-19(27)13-31-18-6-4-3-5-15(18)12-24-26-21(29)20(28)23-9-10-30-2/h3-8,11-12H,9-10,13H2,1-2H3,(H,23,28)(H,25,27)(H,26,29)/b24-12-. The molecule has 0 saturated carbocycles. The molecule has 0 unspecified atom stereocenters. The fourth-order valence-electron chi connectivity index (χ4n) is 2.34. The van der Waals surface area contributed by atoms with Gasteiger partial charge in [-0.2, -0.15) is 5.10 Å². The summed E-state index contributed by atoms with van der Waals surface area (Å²) in [5, 5.41) is 8.91. The number of hydrogen-bond donors (Lipinski definition) is 3. The van der Waals surface area contributed by atoms with Gasteiger partial charge in [-0.25, -0.2) is 5.43 Å². The van der Waals surface area contributed by atoms with Crippen molar-refractivity contribution in [2.24, 2.45) is 5.10 Å². The Morgan fingerprint density at radius 3 is 2.65 bits per heavy atom. The number of hydrazone groups is 1.